The zero-order valence-electron chi connectivity index (χ0n) is 16.5. The van der Waals surface area contributed by atoms with E-state index in [9.17, 15) is 9.59 Å². The van der Waals surface area contributed by atoms with E-state index in [0.717, 1.165) is 16.5 Å². The van der Waals surface area contributed by atoms with Crippen LogP contribution >= 0.6 is 0 Å². The molecule has 1 unspecified atom stereocenters. The summed E-state index contributed by atoms with van der Waals surface area (Å²) in [5, 5.41) is 1.42. The van der Waals surface area contributed by atoms with Gasteiger partial charge in [0.25, 0.3) is 5.56 Å². The second-order valence-corrected chi connectivity index (χ2v) is 6.95. The number of aromatic amines is 1. The van der Waals surface area contributed by atoms with Crippen molar-refractivity contribution < 1.29 is 9.53 Å². The molecule has 2 aromatic carbocycles. The summed E-state index contributed by atoms with van der Waals surface area (Å²) in [6.07, 6.45) is -0.106. The van der Waals surface area contributed by atoms with E-state index < -0.39 is 12.1 Å². The van der Waals surface area contributed by atoms with E-state index in [2.05, 4.69) is 15.0 Å². The van der Waals surface area contributed by atoms with Crippen LogP contribution in [0.15, 0.2) is 53.3 Å². The van der Waals surface area contributed by atoms with E-state index >= 15 is 0 Å². The lowest BCUT2D eigenvalue weighted by Gasteiger charge is -2.17. The summed E-state index contributed by atoms with van der Waals surface area (Å²) in [5.41, 5.74) is 3.16. The smallest absolute Gasteiger partial charge is 0.341 e. The lowest BCUT2D eigenvalue weighted by molar-refractivity contribution is 0.0317. The number of nitrogens with zero attached hydrogens (tertiary/aromatic N) is 2. The Morgan fingerprint density at radius 1 is 1.03 bits per heavy atom. The first-order valence-corrected chi connectivity index (χ1v) is 9.57. The van der Waals surface area contributed by atoms with Gasteiger partial charge >= 0.3 is 5.97 Å². The van der Waals surface area contributed by atoms with Crippen molar-refractivity contribution in [2.75, 3.05) is 0 Å². The average molecular weight is 387 g/mol. The van der Waals surface area contributed by atoms with Crippen molar-refractivity contribution in [3.05, 3.63) is 81.5 Å². The number of ether oxygens (including phenoxy) is 1. The highest BCUT2D eigenvalue weighted by molar-refractivity contribution is 5.98. The van der Waals surface area contributed by atoms with E-state index in [0.29, 0.717) is 34.4 Å². The summed E-state index contributed by atoms with van der Waals surface area (Å²) in [6, 6.07) is 14.8. The van der Waals surface area contributed by atoms with Crippen molar-refractivity contribution in [3.63, 3.8) is 0 Å². The number of carbonyl (C=O) groups is 1. The summed E-state index contributed by atoms with van der Waals surface area (Å²) in [5.74, 6) is -0.160. The molecule has 146 valence electrons. The molecule has 1 atom stereocenters. The fraction of sp³-hybridized carbons (Fsp3) is 0.217. The fourth-order valence-electron chi connectivity index (χ4n) is 3.54. The van der Waals surface area contributed by atoms with Crippen LogP contribution in [0.2, 0.25) is 0 Å². The van der Waals surface area contributed by atoms with Crippen LogP contribution < -0.4 is 5.56 Å². The lowest BCUT2D eigenvalue weighted by Crippen LogP contribution is -2.19. The molecule has 29 heavy (non-hydrogen) atoms. The van der Waals surface area contributed by atoms with Gasteiger partial charge in [-0.3, -0.25) is 9.78 Å². The van der Waals surface area contributed by atoms with E-state index in [1.165, 1.54) is 0 Å². The molecule has 0 amide bonds. The first kappa shape index (κ1) is 18.8. The van der Waals surface area contributed by atoms with Crippen molar-refractivity contribution in [2.24, 2.45) is 0 Å². The van der Waals surface area contributed by atoms with E-state index in [1.54, 1.807) is 25.1 Å². The Labute approximate surface area is 167 Å². The van der Waals surface area contributed by atoms with Crippen LogP contribution in [0.1, 0.15) is 47.4 Å². The minimum Gasteiger partial charge on any atom is -0.451 e. The number of aromatic nitrogens is 3. The molecule has 2 aromatic heterocycles. The van der Waals surface area contributed by atoms with Gasteiger partial charge in [-0.1, -0.05) is 37.3 Å². The average Bonchev–Trinajstić information content (AvgIpc) is 2.73. The molecule has 0 radical (unpaired) electrons. The molecule has 0 saturated carbocycles. The van der Waals surface area contributed by atoms with Crippen molar-refractivity contribution in [2.45, 2.75) is 33.3 Å². The number of esters is 1. The van der Waals surface area contributed by atoms with Crippen LogP contribution in [0, 0.1) is 6.92 Å². The number of rotatable bonds is 4. The van der Waals surface area contributed by atoms with Crippen LogP contribution in [0.5, 0.6) is 0 Å². The molecule has 0 bridgehead atoms. The molecule has 0 saturated heterocycles. The number of para-hydroxylation sites is 2. The zero-order chi connectivity index (χ0) is 20.5. The van der Waals surface area contributed by atoms with E-state index in [1.807, 2.05) is 44.2 Å². The Morgan fingerprint density at radius 3 is 2.34 bits per heavy atom. The highest BCUT2D eigenvalue weighted by Crippen LogP contribution is 2.26. The first-order chi connectivity index (χ1) is 14.0. The number of hydrogen-bond acceptors (Lipinski definition) is 5. The standard InChI is InChI=1S/C23H21N3O3/c1-4-17-20(13(2)15-9-5-7-11-18(15)24-17)23(28)29-14(3)21-25-19-12-8-6-10-16(19)22(27)26-21/h5-12,14H,4H2,1-3H3,(H,25,26,27). The Bertz CT molecular complexity index is 1290. The number of hydrogen-bond donors (Lipinski definition) is 1. The summed E-state index contributed by atoms with van der Waals surface area (Å²) in [7, 11) is 0. The van der Waals surface area contributed by atoms with Gasteiger partial charge in [0, 0.05) is 5.39 Å². The molecule has 0 fully saturated rings. The van der Waals surface area contributed by atoms with E-state index in [-0.39, 0.29) is 5.56 Å². The molecule has 0 aliphatic carbocycles. The van der Waals surface area contributed by atoms with Gasteiger partial charge in [0.05, 0.1) is 27.7 Å². The molecule has 4 rings (SSSR count). The summed E-state index contributed by atoms with van der Waals surface area (Å²) >= 11 is 0. The molecule has 2 heterocycles. The molecule has 6 nitrogen and oxygen atoms in total. The van der Waals surface area contributed by atoms with Gasteiger partial charge < -0.3 is 9.72 Å². The minimum atomic E-state index is -0.713. The number of nitrogens with one attached hydrogen (secondary N) is 1. The van der Waals surface area contributed by atoms with Crippen LogP contribution in [0.25, 0.3) is 21.8 Å². The number of benzene rings is 2. The van der Waals surface area contributed by atoms with Crippen LogP contribution in [-0.4, -0.2) is 20.9 Å². The van der Waals surface area contributed by atoms with Gasteiger partial charge in [-0.2, -0.15) is 0 Å². The molecule has 6 heteroatoms. The van der Waals surface area contributed by atoms with Crippen molar-refractivity contribution in [3.8, 4) is 0 Å². The quantitative estimate of drug-likeness (QED) is 0.529. The fourth-order valence-corrected chi connectivity index (χ4v) is 3.54. The minimum absolute atomic E-state index is 0.258. The number of pyridine rings is 1. The molecular weight excluding hydrogens is 366 g/mol. The third-order valence-corrected chi connectivity index (χ3v) is 5.07. The lowest BCUT2D eigenvalue weighted by atomic mass is 10.0. The summed E-state index contributed by atoms with van der Waals surface area (Å²) < 4.78 is 5.69. The number of H-pyrrole nitrogens is 1. The Kier molecular flexibility index (Phi) is 4.84. The van der Waals surface area contributed by atoms with Gasteiger partial charge in [-0.15, -0.1) is 0 Å². The highest BCUT2D eigenvalue weighted by Gasteiger charge is 2.22. The molecule has 1 N–H and O–H groups in total. The van der Waals surface area contributed by atoms with Crippen molar-refractivity contribution in [1.29, 1.82) is 0 Å². The maximum Gasteiger partial charge on any atom is 0.341 e. The third kappa shape index (κ3) is 3.38. The Hall–Kier alpha value is -3.54. The maximum absolute atomic E-state index is 13.0. The second-order valence-electron chi connectivity index (χ2n) is 6.95. The van der Waals surface area contributed by atoms with Crippen LogP contribution in [0.4, 0.5) is 0 Å². The normalized spacial score (nSPS) is 12.2. The highest BCUT2D eigenvalue weighted by atomic mass is 16.5. The number of aryl methyl sites for hydroxylation is 2. The molecule has 0 aliphatic heterocycles. The van der Waals surface area contributed by atoms with Crippen molar-refractivity contribution >= 4 is 27.8 Å². The molecule has 4 aromatic rings. The summed E-state index contributed by atoms with van der Waals surface area (Å²) in [6.45, 7) is 5.56. The monoisotopic (exact) mass is 387 g/mol. The van der Waals surface area contributed by atoms with Gasteiger partial charge in [-0.05, 0) is 44.0 Å². The maximum atomic E-state index is 13.0. The topological polar surface area (TPSA) is 84.9 Å². The van der Waals surface area contributed by atoms with Crippen LogP contribution in [0.3, 0.4) is 0 Å². The Morgan fingerprint density at radius 2 is 1.66 bits per heavy atom. The summed E-state index contributed by atoms with van der Waals surface area (Å²) in [4.78, 5) is 37.2. The van der Waals surface area contributed by atoms with Gasteiger partial charge in [0.2, 0.25) is 0 Å². The largest absolute Gasteiger partial charge is 0.451 e. The van der Waals surface area contributed by atoms with Crippen LogP contribution in [-0.2, 0) is 11.2 Å². The van der Waals surface area contributed by atoms with Gasteiger partial charge in [0.1, 0.15) is 0 Å². The molecule has 0 spiro atoms. The SMILES string of the molecule is CCc1nc2ccccc2c(C)c1C(=O)OC(C)c1nc2ccccc2c(=O)[nH]1. The number of carbonyl (C=O) groups excluding carboxylic acids is 1. The molecule has 0 aliphatic rings. The molecular formula is C23H21N3O3. The third-order valence-electron chi connectivity index (χ3n) is 5.07. The van der Waals surface area contributed by atoms with Crippen molar-refractivity contribution in [1.82, 2.24) is 15.0 Å². The zero-order valence-corrected chi connectivity index (χ0v) is 16.5. The second kappa shape index (κ2) is 7.47. The van der Waals surface area contributed by atoms with Gasteiger partial charge in [0.15, 0.2) is 11.9 Å². The van der Waals surface area contributed by atoms with E-state index in [4.69, 9.17) is 4.74 Å². The predicted molar refractivity (Wildman–Crippen MR) is 112 cm³/mol. The Balaban J connectivity index is 1.71. The van der Waals surface area contributed by atoms with Gasteiger partial charge in [-0.25, -0.2) is 9.78 Å². The number of fused-ring (bicyclic) bond motifs is 2. The predicted octanol–water partition coefficient (Wildman–Crippen LogP) is 4.26. The first-order valence-electron chi connectivity index (χ1n) is 9.57.